The first-order valence-electron chi connectivity index (χ1n) is 16.3. The smallest absolute Gasteiger partial charge is 0.410 e. The average Bonchev–Trinajstić information content (AvgIpc) is 3.75. The first kappa shape index (κ1) is 35.8. The minimum Gasteiger partial charge on any atom is -0.465 e. The van der Waals surface area contributed by atoms with Crippen molar-refractivity contribution in [3.63, 3.8) is 0 Å². The number of para-hydroxylation sites is 1. The van der Waals surface area contributed by atoms with E-state index in [4.69, 9.17) is 27.9 Å². The van der Waals surface area contributed by atoms with Gasteiger partial charge in [-0.1, -0.05) is 53.5 Å². The summed E-state index contributed by atoms with van der Waals surface area (Å²) in [6.45, 7) is 6.99. The van der Waals surface area contributed by atoms with Gasteiger partial charge in [-0.2, -0.15) is 0 Å². The van der Waals surface area contributed by atoms with Crippen LogP contribution in [0, 0.1) is 0 Å². The highest BCUT2D eigenvalue weighted by molar-refractivity contribution is 6.34. The zero-order valence-corrected chi connectivity index (χ0v) is 29.3. The molecule has 2 atom stereocenters. The average molecular weight is 711 g/mol. The van der Waals surface area contributed by atoms with E-state index < -0.39 is 35.8 Å². The minimum atomic E-state index is -1.12. The van der Waals surface area contributed by atoms with Crippen molar-refractivity contribution in [2.24, 2.45) is 0 Å². The molecule has 0 bridgehead atoms. The summed E-state index contributed by atoms with van der Waals surface area (Å²) in [5, 5.41) is 16.0. The molecule has 3 aromatic carbocycles. The van der Waals surface area contributed by atoms with E-state index in [2.05, 4.69) is 15.5 Å². The summed E-state index contributed by atoms with van der Waals surface area (Å²) in [7, 11) is 0. The monoisotopic (exact) mass is 709 g/mol. The molecular formula is C36H41Cl2N5O6. The lowest BCUT2D eigenvalue weighted by Crippen LogP contribution is -2.45. The maximum atomic E-state index is 13.4. The van der Waals surface area contributed by atoms with Gasteiger partial charge in [0.1, 0.15) is 17.7 Å². The normalized spacial score (nSPS) is 17.5. The molecule has 11 nitrogen and oxygen atoms in total. The third-order valence-corrected chi connectivity index (χ3v) is 9.09. The molecule has 260 valence electrons. The molecule has 3 N–H and O–H groups in total. The van der Waals surface area contributed by atoms with Gasteiger partial charge in [-0.05, 0) is 94.0 Å². The van der Waals surface area contributed by atoms with Crippen molar-refractivity contribution >= 4 is 64.3 Å². The molecule has 2 fully saturated rings. The Morgan fingerprint density at radius 1 is 0.796 bits per heavy atom. The zero-order valence-electron chi connectivity index (χ0n) is 27.7. The quantitative estimate of drug-likeness (QED) is 0.208. The Morgan fingerprint density at radius 3 is 1.78 bits per heavy atom. The van der Waals surface area contributed by atoms with Crippen LogP contribution in [0.25, 0.3) is 0 Å². The molecule has 49 heavy (non-hydrogen) atoms. The lowest BCUT2D eigenvalue weighted by Gasteiger charge is -2.28. The van der Waals surface area contributed by atoms with Gasteiger partial charge in [-0.15, -0.1) is 0 Å². The maximum Gasteiger partial charge on any atom is 0.410 e. The summed E-state index contributed by atoms with van der Waals surface area (Å²) in [6, 6.07) is 19.2. The van der Waals surface area contributed by atoms with Crippen molar-refractivity contribution in [1.29, 1.82) is 0 Å². The summed E-state index contributed by atoms with van der Waals surface area (Å²) >= 11 is 13.0. The summed E-state index contributed by atoms with van der Waals surface area (Å²) in [6.07, 6.45) is 0.631. The fourth-order valence-electron chi connectivity index (χ4n) is 6.13. The van der Waals surface area contributed by atoms with Gasteiger partial charge in [-0.25, -0.2) is 9.59 Å². The number of anilines is 3. The number of halogens is 2. The SMILES string of the molecule is CC(C)(C)OC(=O)N1CCCC1C(=O)Nc1cc(CN(Cc2ccc(Cl)c(NC(=O)C3CCCN3C(=O)O)c2)c2ccccc2)ccc1Cl. The largest absolute Gasteiger partial charge is 0.465 e. The Labute approximate surface area is 296 Å². The summed E-state index contributed by atoms with van der Waals surface area (Å²) in [5.74, 6) is -0.747. The molecule has 4 amide bonds. The molecule has 0 aromatic heterocycles. The summed E-state index contributed by atoms with van der Waals surface area (Å²) < 4.78 is 5.52. The number of hydrogen-bond donors (Lipinski definition) is 3. The van der Waals surface area contributed by atoms with Gasteiger partial charge in [0.2, 0.25) is 11.8 Å². The molecule has 2 heterocycles. The van der Waals surface area contributed by atoms with Gasteiger partial charge >= 0.3 is 12.2 Å². The number of rotatable bonds is 9. The van der Waals surface area contributed by atoms with E-state index >= 15 is 0 Å². The number of carbonyl (C=O) groups excluding carboxylic acids is 3. The lowest BCUT2D eigenvalue weighted by atomic mass is 10.1. The predicted octanol–water partition coefficient (Wildman–Crippen LogP) is 7.62. The van der Waals surface area contributed by atoms with E-state index in [1.165, 1.54) is 4.90 Å². The highest BCUT2D eigenvalue weighted by Crippen LogP contribution is 2.30. The number of nitrogens with zero attached hydrogens (tertiary/aromatic N) is 3. The first-order valence-corrected chi connectivity index (χ1v) is 17.0. The molecule has 2 saturated heterocycles. The van der Waals surface area contributed by atoms with Crippen LogP contribution >= 0.6 is 23.2 Å². The second-order valence-corrected chi connectivity index (χ2v) is 14.1. The topological polar surface area (TPSA) is 132 Å². The number of carbonyl (C=O) groups is 4. The Kier molecular flexibility index (Phi) is 11.2. The minimum absolute atomic E-state index is 0.314. The summed E-state index contributed by atoms with van der Waals surface area (Å²) in [4.78, 5) is 55.6. The molecule has 5 rings (SSSR count). The van der Waals surface area contributed by atoms with E-state index in [0.29, 0.717) is 73.3 Å². The van der Waals surface area contributed by atoms with Crippen molar-refractivity contribution < 1.29 is 29.0 Å². The van der Waals surface area contributed by atoms with E-state index in [1.807, 2.05) is 48.5 Å². The first-order chi connectivity index (χ1) is 23.3. The van der Waals surface area contributed by atoms with Crippen LogP contribution in [0.3, 0.4) is 0 Å². The van der Waals surface area contributed by atoms with Crippen LogP contribution in [0.5, 0.6) is 0 Å². The standard InChI is InChI=1S/C36H41Cl2N5O6/c1-36(2,3)49-35(48)43-18-8-12-31(43)33(45)40-29-20-24(14-16-27(29)38)22-41(25-9-5-4-6-10-25)21-23-13-15-26(37)28(19-23)39-32(44)30-11-7-17-42(30)34(46)47/h4-6,9-10,13-16,19-20,30-31H,7-8,11-12,17-18,21-22H2,1-3H3,(H,39,44)(H,40,45)(H,46,47). The van der Waals surface area contributed by atoms with Crippen molar-refractivity contribution in [2.75, 3.05) is 28.6 Å². The lowest BCUT2D eigenvalue weighted by molar-refractivity contribution is -0.120. The van der Waals surface area contributed by atoms with Crippen LogP contribution in [0.15, 0.2) is 66.7 Å². The maximum absolute atomic E-state index is 13.4. The molecular weight excluding hydrogens is 669 g/mol. The highest BCUT2D eigenvalue weighted by Gasteiger charge is 2.37. The Balaban J connectivity index is 1.32. The van der Waals surface area contributed by atoms with Gasteiger partial charge in [0, 0.05) is 31.9 Å². The molecule has 13 heteroatoms. The van der Waals surface area contributed by atoms with Gasteiger partial charge in [0.25, 0.3) is 0 Å². The molecule has 0 aliphatic carbocycles. The number of amides is 4. The molecule has 0 spiro atoms. The van der Waals surface area contributed by atoms with Gasteiger partial charge in [-0.3, -0.25) is 19.4 Å². The van der Waals surface area contributed by atoms with Crippen LogP contribution < -0.4 is 15.5 Å². The second-order valence-electron chi connectivity index (χ2n) is 13.3. The number of ether oxygens (including phenoxy) is 1. The molecule has 0 radical (unpaired) electrons. The molecule has 2 unspecified atom stereocenters. The van der Waals surface area contributed by atoms with Crippen LogP contribution in [0.1, 0.15) is 57.6 Å². The van der Waals surface area contributed by atoms with Gasteiger partial charge in [0.05, 0.1) is 21.4 Å². The zero-order chi connectivity index (χ0) is 35.3. The number of nitrogens with one attached hydrogen (secondary N) is 2. The molecule has 0 saturated carbocycles. The number of hydrogen-bond acceptors (Lipinski definition) is 6. The Bertz CT molecular complexity index is 1700. The van der Waals surface area contributed by atoms with Crippen LogP contribution in [-0.4, -0.2) is 69.7 Å². The number of likely N-dealkylation sites (tertiary alicyclic amines) is 2. The summed E-state index contributed by atoms with van der Waals surface area (Å²) in [5.41, 5.74) is 2.83. The van der Waals surface area contributed by atoms with E-state index in [-0.39, 0.29) is 5.91 Å². The van der Waals surface area contributed by atoms with Crippen molar-refractivity contribution in [3.05, 3.63) is 87.9 Å². The van der Waals surface area contributed by atoms with Gasteiger partial charge in [0.15, 0.2) is 0 Å². The van der Waals surface area contributed by atoms with Crippen molar-refractivity contribution in [3.8, 4) is 0 Å². The third-order valence-electron chi connectivity index (χ3n) is 8.43. The van der Waals surface area contributed by atoms with Crippen molar-refractivity contribution in [2.45, 2.75) is 77.2 Å². The fourth-order valence-corrected chi connectivity index (χ4v) is 6.46. The number of carboxylic acid groups (broad SMARTS) is 1. The number of benzene rings is 3. The van der Waals surface area contributed by atoms with E-state index in [0.717, 1.165) is 21.7 Å². The predicted molar refractivity (Wildman–Crippen MR) is 190 cm³/mol. The van der Waals surface area contributed by atoms with Crippen LogP contribution in [-0.2, 0) is 27.4 Å². The van der Waals surface area contributed by atoms with E-state index in [1.54, 1.807) is 39.0 Å². The van der Waals surface area contributed by atoms with Crippen molar-refractivity contribution in [1.82, 2.24) is 9.80 Å². The fraction of sp³-hybridized carbons (Fsp3) is 0.389. The second kappa shape index (κ2) is 15.4. The highest BCUT2D eigenvalue weighted by atomic mass is 35.5. The molecule has 2 aliphatic rings. The van der Waals surface area contributed by atoms with Crippen LogP contribution in [0.2, 0.25) is 10.0 Å². The third kappa shape index (κ3) is 9.16. The molecule has 3 aromatic rings. The van der Waals surface area contributed by atoms with Crippen LogP contribution in [0.4, 0.5) is 26.7 Å². The molecule has 2 aliphatic heterocycles. The van der Waals surface area contributed by atoms with Gasteiger partial charge < -0.3 is 25.4 Å². The van der Waals surface area contributed by atoms with E-state index in [9.17, 15) is 24.3 Å². The Morgan fingerprint density at radius 2 is 1.29 bits per heavy atom. The Hall–Kier alpha value is -4.48.